The summed E-state index contributed by atoms with van der Waals surface area (Å²) in [5.41, 5.74) is 0.595. The number of hydrogen-bond acceptors (Lipinski definition) is 5. The first kappa shape index (κ1) is 21.4. The Morgan fingerprint density at radius 3 is 2.36 bits per heavy atom. The van der Waals surface area contributed by atoms with Crippen LogP contribution in [0.5, 0.6) is 17.2 Å². The summed E-state index contributed by atoms with van der Waals surface area (Å²) < 4.78 is 16.0. The van der Waals surface area contributed by atoms with Gasteiger partial charge in [-0.25, -0.2) is 0 Å². The van der Waals surface area contributed by atoms with Gasteiger partial charge in [-0.05, 0) is 49.9 Å². The highest BCUT2D eigenvalue weighted by Gasteiger charge is 2.23. The van der Waals surface area contributed by atoms with Crippen LogP contribution in [-0.2, 0) is 4.79 Å². The minimum Gasteiger partial charge on any atom is -0.493 e. The van der Waals surface area contributed by atoms with Gasteiger partial charge in [0.1, 0.15) is 0 Å². The van der Waals surface area contributed by atoms with Gasteiger partial charge in [-0.3, -0.25) is 4.79 Å². The van der Waals surface area contributed by atoms with Crippen LogP contribution in [0.4, 0.5) is 5.69 Å². The van der Waals surface area contributed by atoms with E-state index in [1.54, 1.807) is 33.5 Å². The van der Waals surface area contributed by atoms with Gasteiger partial charge in [-0.2, -0.15) is 0 Å². The minimum atomic E-state index is -0.00782. The molecule has 0 bridgehead atoms. The molecule has 1 aliphatic rings. The standard InChI is InChI=1S/C18H28N2O4.ClH/c1-12(13-7-9-19-10-8-13)11-16(21)20-14-5-6-15(22-2)18(24-4)17(14)23-3;/h5-6,12-13,19H,7-11H2,1-4H3,(H,20,21);1H. The summed E-state index contributed by atoms with van der Waals surface area (Å²) in [7, 11) is 4.66. The minimum absolute atomic E-state index is 0. The number of anilines is 1. The average Bonchev–Trinajstić information content (AvgIpc) is 2.61. The molecule has 1 aliphatic heterocycles. The summed E-state index contributed by atoms with van der Waals surface area (Å²) in [6.45, 7) is 4.24. The molecule has 2 N–H and O–H groups in total. The molecule has 1 heterocycles. The normalized spacial score (nSPS) is 15.7. The van der Waals surface area contributed by atoms with Gasteiger partial charge in [-0.15, -0.1) is 12.4 Å². The van der Waals surface area contributed by atoms with E-state index in [-0.39, 0.29) is 18.3 Å². The number of hydrogen-bond donors (Lipinski definition) is 2. The molecule has 0 radical (unpaired) electrons. The lowest BCUT2D eigenvalue weighted by atomic mass is 9.84. The topological polar surface area (TPSA) is 68.8 Å². The van der Waals surface area contributed by atoms with Crippen LogP contribution < -0.4 is 24.8 Å². The number of ether oxygens (including phenoxy) is 3. The smallest absolute Gasteiger partial charge is 0.224 e. The third-order valence-electron chi connectivity index (χ3n) is 4.67. The largest absolute Gasteiger partial charge is 0.493 e. The van der Waals surface area contributed by atoms with Crippen LogP contribution in [0.1, 0.15) is 26.2 Å². The SMILES string of the molecule is COc1ccc(NC(=O)CC(C)C2CCNCC2)c(OC)c1OC.Cl. The Bertz CT molecular complexity index is 562. The van der Waals surface area contributed by atoms with Crippen molar-refractivity contribution in [1.29, 1.82) is 0 Å². The fourth-order valence-corrected chi connectivity index (χ4v) is 3.27. The van der Waals surface area contributed by atoms with Crippen LogP contribution in [0.2, 0.25) is 0 Å². The zero-order valence-corrected chi connectivity index (χ0v) is 16.2. The number of halogens is 1. The van der Waals surface area contributed by atoms with Gasteiger partial charge in [0, 0.05) is 6.42 Å². The quantitative estimate of drug-likeness (QED) is 0.769. The molecule has 25 heavy (non-hydrogen) atoms. The second-order valence-corrected chi connectivity index (χ2v) is 6.20. The van der Waals surface area contributed by atoms with E-state index in [1.165, 1.54) is 0 Å². The molecule has 1 amide bonds. The Morgan fingerprint density at radius 1 is 1.16 bits per heavy atom. The van der Waals surface area contributed by atoms with Gasteiger partial charge in [0.05, 0.1) is 27.0 Å². The number of carbonyl (C=O) groups excluding carboxylic acids is 1. The molecule has 0 saturated carbocycles. The highest BCUT2D eigenvalue weighted by atomic mass is 35.5. The second-order valence-electron chi connectivity index (χ2n) is 6.20. The lowest BCUT2D eigenvalue weighted by Crippen LogP contribution is -2.32. The third kappa shape index (κ3) is 5.41. The van der Waals surface area contributed by atoms with Crippen molar-refractivity contribution < 1.29 is 19.0 Å². The van der Waals surface area contributed by atoms with Crippen LogP contribution in [-0.4, -0.2) is 40.3 Å². The van der Waals surface area contributed by atoms with Crippen molar-refractivity contribution in [3.8, 4) is 17.2 Å². The number of benzene rings is 1. The van der Waals surface area contributed by atoms with E-state index in [0.29, 0.717) is 41.2 Å². The zero-order chi connectivity index (χ0) is 17.5. The molecule has 0 aliphatic carbocycles. The van der Waals surface area contributed by atoms with Crippen LogP contribution in [0.15, 0.2) is 12.1 Å². The molecule has 0 aromatic heterocycles. The molecule has 1 unspecified atom stereocenters. The number of amides is 1. The summed E-state index contributed by atoms with van der Waals surface area (Å²) in [4.78, 5) is 12.4. The Balaban J connectivity index is 0.00000312. The molecule has 1 fully saturated rings. The van der Waals surface area contributed by atoms with Gasteiger partial charge in [0.2, 0.25) is 11.7 Å². The first-order valence-corrected chi connectivity index (χ1v) is 8.40. The number of methoxy groups -OCH3 is 3. The third-order valence-corrected chi connectivity index (χ3v) is 4.67. The predicted molar refractivity (Wildman–Crippen MR) is 101 cm³/mol. The van der Waals surface area contributed by atoms with E-state index >= 15 is 0 Å². The van der Waals surface area contributed by atoms with Gasteiger partial charge < -0.3 is 24.8 Å². The van der Waals surface area contributed by atoms with Crippen molar-refractivity contribution >= 4 is 24.0 Å². The Hall–Kier alpha value is -1.66. The Morgan fingerprint density at radius 2 is 1.80 bits per heavy atom. The van der Waals surface area contributed by atoms with E-state index in [0.717, 1.165) is 25.9 Å². The Kier molecular flexibility index (Phi) is 8.86. The monoisotopic (exact) mass is 372 g/mol. The lowest BCUT2D eigenvalue weighted by molar-refractivity contribution is -0.117. The maximum Gasteiger partial charge on any atom is 0.224 e. The molecule has 1 atom stereocenters. The number of rotatable bonds is 7. The van der Waals surface area contributed by atoms with E-state index in [9.17, 15) is 4.79 Å². The molecule has 6 nitrogen and oxygen atoms in total. The van der Waals surface area contributed by atoms with Gasteiger partial charge in [-0.1, -0.05) is 6.92 Å². The average molecular weight is 373 g/mol. The molecular formula is C18H29ClN2O4. The van der Waals surface area contributed by atoms with Crippen LogP contribution >= 0.6 is 12.4 Å². The van der Waals surface area contributed by atoms with E-state index in [1.807, 2.05) is 0 Å². The Labute approximate surface area is 156 Å². The van der Waals surface area contributed by atoms with Crippen molar-refractivity contribution in [2.45, 2.75) is 26.2 Å². The van der Waals surface area contributed by atoms with Crippen LogP contribution in [0.25, 0.3) is 0 Å². The molecule has 7 heteroatoms. The molecule has 1 saturated heterocycles. The van der Waals surface area contributed by atoms with Crippen molar-refractivity contribution in [3.63, 3.8) is 0 Å². The maximum atomic E-state index is 12.4. The number of piperidine rings is 1. The molecule has 142 valence electrons. The van der Waals surface area contributed by atoms with Crippen molar-refractivity contribution in [2.24, 2.45) is 11.8 Å². The number of carbonyl (C=O) groups is 1. The fourth-order valence-electron chi connectivity index (χ4n) is 3.27. The van der Waals surface area contributed by atoms with E-state index < -0.39 is 0 Å². The molecule has 1 aromatic rings. The first-order valence-electron chi connectivity index (χ1n) is 8.40. The van der Waals surface area contributed by atoms with Crippen molar-refractivity contribution in [2.75, 3.05) is 39.7 Å². The summed E-state index contributed by atoms with van der Waals surface area (Å²) in [5, 5.41) is 6.30. The van der Waals surface area contributed by atoms with Gasteiger partial charge in [0.25, 0.3) is 0 Å². The summed E-state index contributed by atoms with van der Waals surface area (Å²) in [6.07, 6.45) is 2.77. The predicted octanol–water partition coefficient (Wildman–Crippen LogP) is 3.10. The maximum absolute atomic E-state index is 12.4. The summed E-state index contributed by atoms with van der Waals surface area (Å²) in [5.74, 6) is 2.47. The van der Waals surface area contributed by atoms with Gasteiger partial charge in [0.15, 0.2) is 11.5 Å². The zero-order valence-electron chi connectivity index (χ0n) is 15.4. The van der Waals surface area contributed by atoms with Crippen molar-refractivity contribution in [3.05, 3.63) is 12.1 Å². The van der Waals surface area contributed by atoms with Crippen molar-refractivity contribution in [1.82, 2.24) is 5.32 Å². The molecular weight excluding hydrogens is 344 g/mol. The highest BCUT2D eigenvalue weighted by Crippen LogP contribution is 2.42. The van der Waals surface area contributed by atoms with Crippen LogP contribution in [0.3, 0.4) is 0 Å². The highest BCUT2D eigenvalue weighted by molar-refractivity contribution is 5.93. The fraction of sp³-hybridized carbons (Fsp3) is 0.611. The molecule has 2 rings (SSSR count). The second kappa shape index (κ2) is 10.4. The summed E-state index contributed by atoms with van der Waals surface area (Å²) >= 11 is 0. The first-order chi connectivity index (χ1) is 11.6. The summed E-state index contributed by atoms with van der Waals surface area (Å²) in [6, 6.07) is 3.53. The van der Waals surface area contributed by atoms with Gasteiger partial charge >= 0.3 is 0 Å². The van der Waals surface area contributed by atoms with E-state index in [4.69, 9.17) is 14.2 Å². The number of nitrogens with one attached hydrogen (secondary N) is 2. The molecule has 0 spiro atoms. The molecule has 1 aromatic carbocycles. The van der Waals surface area contributed by atoms with Crippen LogP contribution in [0, 0.1) is 11.8 Å². The lowest BCUT2D eigenvalue weighted by Gasteiger charge is -2.28. The van der Waals surface area contributed by atoms with E-state index in [2.05, 4.69) is 17.6 Å².